The molecule has 0 spiro atoms. The Morgan fingerprint density at radius 1 is 1.70 bits per heavy atom. The van der Waals surface area contributed by atoms with E-state index in [4.69, 9.17) is 16.9 Å². The summed E-state index contributed by atoms with van der Waals surface area (Å²) in [5.41, 5.74) is 0. The standard InChI is InChI=1S/C7H6ClNS/c1-5-2-3-7(10-5)6(8)4-9/h2-3,6H,1H3. The molecule has 1 atom stereocenters. The summed E-state index contributed by atoms with van der Waals surface area (Å²) in [6.45, 7) is 2.00. The van der Waals surface area contributed by atoms with E-state index in [9.17, 15) is 0 Å². The molecule has 0 saturated carbocycles. The van der Waals surface area contributed by atoms with Gasteiger partial charge in [0.15, 0.2) is 5.38 Å². The predicted octanol–water partition coefficient (Wildman–Crippen LogP) is 2.86. The third kappa shape index (κ3) is 1.50. The Kier molecular flexibility index (Phi) is 2.31. The summed E-state index contributed by atoms with van der Waals surface area (Å²) in [7, 11) is 0. The van der Waals surface area contributed by atoms with Gasteiger partial charge in [-0.2, -0.15) is 5.26 Å². The molecule has 0 saturated heterocycles. The first-order valence-corrected chi connectivity index (χ1v) is 4.09. The molecule has 0 aliphatic heterocycles. The molecule has 0 aliphatic carbocycles. The quantitative estimate of drug-likeness (QED) is 0.597. The van der Waals surface area contributed by atoms with Gasteiger partial charge in [0.25, 0.3) is 0 Å². The molecule has 0 fully saturated rings. The molecule has 1 unspecified atom stereocenters. The normalized spacial score (nSPS) is 12.5. The minimum absolute atomic E-state index is 0.473. The van der Waals surface area contributed by atoms with E-state index in [1.54, 1.807) is 11.3 Å². The zero-order valence-electron chi connectivity index (χ0n) is 5.47. The lowest BCUT2D eigenvalue weighted by Crippen LogP contribution is -1.76. The van der Waals surface area contributed by atoms with E-state index in [0.29, 0.717) is 0 Å². The Hall–Kier alpha value is -0.520. The number of aryl methyl sites for hydroxylation is 1. The van der Waals surface area contributed by atoms with Gasteiger partial charge in [0, 0.05) is 9.75 Å². The van der Waals surface area contributed by atoms with E-state index in [0.717, 1.165) is 4.88 Å². The van der Waals surface area contributed by atoms with Crippen LogP contribution in [-0.4, -0.2) is 0 Å². The summed E-state index contributed by atoms with van der Waals surface area (Å²) in [5, 5.41) is 7.95. The van der Waals surface area contributed by atoms with E-state index in [-0.39, 0.29) is 0 Å². The molecule has 0 aromatic carbocycles. The van der Waals surface area contributed by atoms with Crippen LogP contribution in [0.5, 0.6) is 0 Å². The molecule has 10 heavy (non-hydrogen) atoms. The number of rotatable bonds is 1. The molecule has 1 nitrogen and oxygen atoms in total. The number of halogens is 1. The van der Waals surface area contributed by atoms with E-state index in [2.05, 4.69) is 0 Å². The first kappa shape index (κ1) is 7.59. The van der Waals surface area contributed by atoms with Crippen molar-refractivity contribution in [2.75, 3.05) is 0 Å². The lowest BCUT2D eigenvalue weighted by atomic mass is 10.3. The maximum absolute atomic E-state index is 8.42. The fourth-order valence-corrected chi connectivity index (χ4v) is 1.66. The van der Waals surface area contributed by atoms with Crippen LogP contribution in [0.3, 0.4) is 0 Å². The molecule has 0 N–H and O–H groups in total. The van der Waals surface area contributed by atoms with Gasteiger partial charge < -0.3 is 0 Å². The lowest BCUT2D eigenvalue weighted by Gasteiger charge is -1.90. The van der Waals surface area contributed by atoms with Crippen LogP contribution in [0.1, 0.15) is 15.1 Å². The molecule has 1 heterocycles. The highest BCUT2D eigenvalue weighted by atomic mass is 35.5. The van der Waals surface area contributed by atoms with Gasteiger partial charge in [0.2, 0.25) is 0 Å². The monoisotopic (exact) mass is 171 g/mol. The average Bonchev–Trinajstić information content (AvgIpc) is 2.34. The molecule has 1 rings (SSSR count). The van der Waals surface area contributed by atoms with Crippen molar-refractivity contribution in [3.05, 3.63) is 21.9 Å². The highest BCUT2D eigenvalue weighted by Gasteiger charge is 2.06. The molecule has 0 aliphatic rings. The van der Waals surface area contributed by atoms with Crippen LogP contribution in [0.15, 0.2) is 12.1 Å². The van der Waals surface area contributed by atoms with Crippen LogP contribution in [0.25, 0.3) is 0 Å². The molecule has 1 aromatic heterocycles. The molecule has 3 heteroatoms. The summed E-state index contributed by atoms with van der Waals surface area (Å²) in [6, 6.07) is 5.83. The van der Waals surface area contributed by atoms with Crippen molar-refractivity contribution in [2.45, 2.75) is 12.3 Å². The Labute approximate surface area is 68.9 Å². The van der Waals surface area contributed by atoms with E-state index in [1.165, 1.54) is 4.88 Å². The van der Waals surface area contributed by atoms with Crippen molar-refractivity contribution in [3.8, 4) is 6.07 Å². The fourth-order valence-electron chi connectivity index (χ4n) is 0.653. The molecule has 0 bridgehead atoms. The van der Waals surface area contributed by atoms with Crippen LogP contribution >= 0.6 is 22.9 Å². The predicted molar refractivity (Wildman–Crippen MR) is 43.3 cm³/mol. The van der Waals surface area contributed by atoms with Gasteiger partial charge in [-0.1, -0.05) is 0 Å². The first-order valence-electron chi connectivity index (χ1n) is 2.84. The Bertz CT molecular complexity index is 261. The zero-order valence-corrected chi connectivity index (χ0v) is 7.04. The van der Waals surface area contributed by atoms with Gasteiger partial charge in [-0.3, -0.25) is 0 Å². The van der Waals surface area contributed by atoms with Gasteiger partial charge >= 0.3 is 0 Å². The minimum Gasteiger partial charge on any atom is -0.196 e. The van der Waals surface area contributed by atoms with Gasteiger partial charge in [-0.15, -0.1) is 22.9 Å². The van der Waals surface area contributed by atoms with Gasteiger partial charge in [-0.05, 0) is 19.1 Å². The largest absolute Gasteiger partial charge is 0.196 e. The van der Waals surface area contributed by atoms with Gasteiger partial charge in [0.1, 0.15) is 0 Å². The lowest BCUT2D eigenvalue weighted by molar-refractivity contribution is 1.27. The summed E-state index contributed by atoms with van der Waals surface area (Å²) in [5.74, 6) is 0. The minimum atomic E-state index is -0.473. The maximum atomic E-state index is 8.42. The highest BCUT2D eigenvalue weighted by Crippen LogP contribution is 2.26. The number of nitrogens with zero attached hydrogens (tertiary/aromatic N) is 1. The average molecular weight is 172 g/mol. The van der Waals surface area contributed by atoms with Crippen molar-refractivity contribution < 1.29 is 0 Å². The van der Waals surface area contributed by atoms with E-state index in [1.807, 2.05) is 25.1 Å². The number of alkyl halides is 1. The first-order chi connectivity index (χ1) is 4.74. The second kappa shape index (κ2) is 3.05. The van der Waals surface area contributed by atoms with Crippen LogP contribution < -0.4 is 0 Å². The zero-order chi connectivity index (χ0) is 7.56. The third-order valence-corrected chi connectivity index (χ3v) is 2.65. The van der Waals surface area contributed by atoms with Gasteiger partial charge in [-0.25, -0.2) is 0 Å². The second-order valence-electron chi connectivity index (χ2n) is 1.94. The van der Waals surface area contributed by atoms with E-state index < -0.39 is 5.38 Å². The summed E-state index contributed by atoms with van der Waals surface area (Å²) in [4.78, 5) is 2.12. The smallest absolute Gasteiger partial charge is 0.154 e. The molecule has 0 radical (unpaired) electrons. The summed E-state index contributed by atoms with van der Waals surface area (Å²) >= 11 is 7.22. The fraction of sp³-hybridized carbons (Fsp3) is 0.286. The Morgan fingerprint density at radius 3 is 2.80 bits per heavy atom. The molecule has 1 aromatic rings. The molecule has 0 amide bonds. The van der Waals surface area contributed by atoms with Crippen LogP contribution in [0, 0.1) is 18.3 Å². The van der Waals surface area contributed by atoms with Gasteiger partial charge in [0.05, 0.1) is 6.07 Å². The van der Waals surface area contributed by atoms with Crippen LogP contribution in [0.2, 0.25) is 0 Å². The molecule has 52 valence electrons. The molecular weight excluding hydrogens is 166 g/mol. The van der Waals surface area contributed by atoms with Crippen molar-refractivity contribution in [1.82, 2.24) is 0 Å². The van der Waals surface area contributed by atoms with Crippen molar-refractivity contribution in [2.24, 2.45) is 0 Å². The number of nitriles is 1. The van der Waals surface area contributed by atoms with E-state index >= 15 is 0 Å². The summed E-state index contributed by atoms with van der Waals surface area (Å²) in [6.07, 6.45) is 0. The highest BCUT2D eigenvalue weighted by molar-refractivity contribution is 7.12. The SMILES string of the molecule is Cc1ccc(C(Cl)C#N)s1. The van der Waals surface area contributed by atoms with Crippen LogP contribution in [-0.2, 0) is 0 Å². The Morgan fingerprint density at radius 2 is 2.40 bits per heavy atom. The van der Waals surface area contributed by atoms with Crippen LogP contribution in [0.4, 0.5) is 0 Å². The van der Waals surface area contributed by atoms with Crippen molar-refractivity contribution in [3.63, 3.8) is 0 Å². The topological polar surface area (TPSA) is 23.8 Å². The molecular formula is C7H6ClNS. The number of hydrogen-bond acceptors (Lipinski definition) is 2. The Balaban J connectivity index is 2.87. The number of hydrogen-bond donors (Lipinski definition) is 0. The van der Waals surface area contributed by atoms with Crippen molar-refractivity contribution >= 4 is 22.9 Å². The maximum Gasteiger partial charge on any atom is 0.154 e. The third-order valence-electron chi connectivity index (χ3n) is 1.12. The van der Waals surface area contributed by atoms with Crippen molar-refractivity contribution in [1.29, 1.82) is 5.26 Å². The summed E-state index contributed by atoms with van der Waals surface area (Å²) < 4.78 is 0. The second-order valence-corrected chi connectivity index (χ2v) is 3.70. The number of thiophene rings is 1.